The third-order valence-electron chi connectivity index (χ3n) is 3.57. The normalized spacial score (nSPS) is 13.1. The minimum absolute atomic E-state index is 0.0893. The third-order valence-corrected chi connectivity index (χ3v) is 3.94. The van der Waals surface area contributed by atoms with Crippen molar-refractivity contribution in [2.24, 2.45) is 0 Å². The molecule has 6 heteroatoms. The monoisotopic (exact) mass is 347 g/mol. The molecule has 24 heavy (non-hydrogen) atoms. The molecule has 2 aromatic rings. The van der Waals surface area contributed by atoms with E-state index in [-0.39, 0.29) is 6.42 Å². The SMILES string of the molecule is CO[C@@H](C(=O)N[C@H](Cc1ccccc1Cl)C(=O)O)c1ccccc1. The summed E-state index contributed by atoms with van der Waals surface area (Å²) < 4.78 is 5.22. The smallest absolute Gasteiger partial charge is 0.326 e. The van der Waals surface area contributed by atoms with E-state index in [4.69, 9.17) is 16.3 Å². The van der Waals surface area contributed by atoms with Crippen LogP contribution in [0, 0.1) is 0 Å². The summed E-state index contributed by atoms with van der Waals surface area (Å²) in [6.07, 6.45) is -0.786. The fourth-order valence-electron chi connectivity index (χ4n) is 2.35. The van der Waals surface area contributed by atoms with E-state index in [1.54, 1.807) is 48.5 Å². The van der Waals surface area contributed by atoms with E-state index in [1.165, 1.54) is 7.11 Å². The second kappa shape index (κ2) is 8.47. The van der Waals surface area contributed by atoms with Crippen molar-refractivity contribution in [1.29, 1.82) is 0 Å². The molecular formula is C18H18ClNO4. The minimum atomic E-state index is -1.13. The Kier molecular flexibility index (Phi) is 6.35. The number of amides is 1. The number of methoxy groups -OCH3 is 1. The molecule has 0 aliphatic carbocycles. The van der Waals surface area contributed by atoms with Gasteiger partial charge < -0.3 is 15.2 Å². The first-order chi connectivity index (χ1) is 11.5. The van der Waals surface area contributed by atoms with Crippen molar-refractivity contribution in [2.45, 2.75) is 18.6 Å². The number of nitrogens with one attached hydrogen (secondary N) is 1. The predicted molar refractivity (Wildman–Crippen MR) is 90.9 cm³/mol. The lowest BCUT2D eigenvalue weighted by atomic mass is 10.0. The van der Waals surface area contributed by atoms with Crippen LogP contribution >= 0.6 is 11.6 Å². The number of ether oxygens (including phenoxy) is 1. The first-order valence-electron chi connectivity index (χ1n) is 7.37. The molecule has 0 aliphatic rings. The van der Waals surface area contributed by atoms with E-state index in [0.717, 1.165) is 0 Å². The molecule has 5 nitrogen and oxygen atoms in total. The molecule has 0 radical (unpaired) electrons. The van der Waals surface area contributed by atoms with Crippen molar-refractivity contribution in [2.75, 3.05) is 7.11 Å². The van der Waals surface area contributed by atoms with Gasteiger partial charge in [0.15, 0.2) is 6.10 Å². The van der Waals surface area contributed by atoms with Crippen molar-refractivity contribution < 1.29 is 19.4 Å². The molecular weight excluding hydrogens is 330 g/mol. The Morgan fingerprint density at radius 3 is 2.33 bits per heavy atom. The van der Waals surface area contributed by atoms with Crippen molar-refractivity contribution in [1.82, 2.24) is 5.32 Å². The van der Waals surface area contributed by atoms with E-state index in [0.29, 0.717) is 16.1 Å². The van der Waals surface area contributed by atoms with Gasteiger partial charge >= 0.3 is 5.97 Å². The van der Waals surface area contributed by atoms with Crippen LogP contribution in [0.4, 0.5) is 0 Å². The van der Waals surface area contributed by atoms with Gasteiger partial charge in [0.25, 0.3) is 5.91 Å². The van der Waals surface area contributed by atoms with Crippen LogP contribution in [0.5, 0.6) is 0 Å². The number of benzene rings is 2. The van der Waals surface area contributed by atoms with Crippen LogP contribution in [0.15, 0.2) is 54.6 Å². The predicted octanol–water partition coefficient (Wildman–Crippen LogP) is 2.84. The van der Waals surface area contributed by atoms with Crippen LogP contribution in [0.2, 0.25) is 5.02 Å². The maximum atomic E-state index is 12.4. The number of hydrogen-bond donors (Lipinski definition) is 2. The van der Waals surface area contributed by atoms with Gasteiger partial charge in [0, 0.05) is 18.6 Å². The van der Waals surface area contributed by atoms with E-state index in [2.05, 4.69) is 5.32 Å². The average molecular weight is 348 g/mol. The summed E-state index contributed by atoms with van der Waals surface area (Å²) in [6.45, 7) is 0. The number of halogens is 1. The molecule has 0 bridgehead atoms. The van der Waals surface area contributed by atoms with E-state index in [9.17, 15) is 14.7 Å². The Balaban J connectivity index is 2.13. The van der Waals surface area contributed by atoms with Gasteiger partial charge in [0.05, 0.1) is 0 Å². The number of carbonyl (C=O) groups excluding carboxylic acids is 1. The maximum absolute atomic E-state index is 12.4. The maximum Gasteiger partial charge on any atom is 0.326 e. The number of carboxylic acids is 1. The van der Waals surface area contributed by atoms with Gasteiger partial charge in [-0.3, -0.25) is 4.79 Å². The zero-order chi connectivity index (χ0) is 17.5. The fraction of sp³-hybridized carbons (Fsp3) is 0.222. The summed E-state index contributed by atoms with van der Waals surface area (Å²) in [5.41, 5.74) is 1.31. The Morgan fingerprint density at radius 2 is 1.75 bits per heavy atom. The van der Waals surface area contributed by atoms with Crippen molar-refractivity contribution in [3.05, 3.63) is 70.7 Å². The topological polar surface area (TPSA) is 75.6 Å². The summed E-state index contributed by atoms with van der Waals surface area (Å²) in [4.78, 5) is 23.9. The van der Waals surface area contributed by atoms with Crippen LogP contribution in [-0.4, -0.2) is 30.1 Å². The molecule has 0 aliphatic heterocycles. The minimum Gasteiger partial charge on any atom is -0.480 e. The van der Waals surface area contributed by atoms with Gasteiger partial charge in [-0.2, -0.15) is 0 Å². The third kappa shape index (κ3) is 4.57. The van der Waals surface area contributed by atoms with Crippen molar-refractivity contribution in [3.63, 3.8) is 0 Å². The second-order valence-electron chi connectivity index (χ2n) is 5.22. The first kappa shape index (κ1) is 18.0. The summed E-state index contributed by atoms with van der Waals surface area (Å²) in [5.74, 6) is -1.64. The zero-order valence-electron chi connectivity index (χ0n) is 13.1. The van der Waals surface area contributed by atoms with Crippen LogP contribution in [0.1, 0.15) is 17.2 Å². The molecule has 2 N–H and O–H groups in total. The van der Waals surface area contributed by atoms with Crippen LogP contribution in [0.25, 0.3) is 0 Å². The molecule has 2 rings (SSSR count). The first-order valence-corrected chi connectivity index (χ1v) is 7.75. The Labute approximate surface area is 145 Å². The highest BCUT2D eigenvalue weighted by atomic mass is 35.5. The fourth-order valence-corrected chi connectivity index (χ4v) is 2.57. The quantitative estimate of drug-likeness (QED) is 0.807. The van der Waals surface area contributed by atoms with E-state index in [1.807, 2.05) is 6.07 Å². The van der Waals surface area contributed by atoms with Crippen molar-refractivity contribution in [3.8, 4) is 0 Å². The highest BCUT2D eigenvalue weighted by Crippen LogP contribution is 2.19. The molecule has 0 saturated heterocycles. The number of aliphatic carboxylic acids is 1. The van der Waals surface area contributed by atoms with Gasteiger partial charge in [0.2, 0.25) is 0 Å². The highest BCUT2D eigenvalue weighted by molar-refractivity contribution is 6.31. The molecule has 1 amide bonds. The molecule has 0 heterocycles. The standard InChI is InChI=1S/C18H18ClNO4/c1-24-16(12-7-3-2-4-8-12)17(21)20-15(18(22)23)11-13-9-5-6-10-14(13)19/h2-10,15-16H,11H2,1H3,(H,20,21)(H,22,23)/t15-,16-/m1/s1. The molecule has 0 saturated carbocycles. The van der Waals surface area contributed by atoms with Crippen LogP contribution < -0.4 is 5.32 Å². The van der Waals surface area contributed by atoms with Gasteiger partial charge in [-0.25, -0.2) is 4.79 Å². The summed E-state index contributed by atoms with van der Waals surface area (Å²) in [5, 5.41) is 12.4. The molecule has 2 atom stereocenters. The number of carboxylic acid groups (broad SMARTS) is 1. The average Bonchev–Trinajstić information content (AvgIpc) is 2.57. The summed E-state index contributed by atoms with van der Waals surface area (Å²) in [7, 11) is 1.40. The van der Waals surface area contributed by atoms with Crippen molar-refractivity contribution >= 4 is 23.5 Å². The number of carbonyl (C=O) groups is 2. The molecule has 0 unspecified atom stereocenters. The second-order valence-corrected chi connectivity index (χ2v) is 5.63. The van der Waals surface area contributed by atoms with Gasteiger partial charge in [0.1, 0.15) is 6.04 Å². The van der Waals surface area contributed by atoms with Crippen LogP contribution in [-0.2, 0) is 20.7 Å². The Hall–Kier alpha value is -2.37. The molecule has 2 aromatic carbocycles. The zero-order valence-corrected chi connectivity index (χ0v) is 13.9. The molecule has 0 aromatic heterocycles. The van der Waals surface area contributed by atoms with Crippen LogP contribution in [0.3, 0.4) is 0 Å². The molecule has 126 valence electrons. The van der Waals surface area contributed by atoms with Gasteiger partial charge in [-0.15, -0.1) is 0 Å². The van der Waals surface area contributed by atoms with Gasteiger partial charge in [-0.05, 0) is 17.2 Å². The Morgan fingerprint density at radius 1 is 1.12 bits per heavy atom. The lowest BCUT2D eigenvalue weighted by molar-refractivity contribution is -0.144. The van der Waals surface area contributed by atoms with Gasteiger partial charge in [-0.1, -0.05) is 60.1 Å². The van der Waals surface area contributed by atoms with E-state index >= 15 is 0 Å². The number of hydrogen-bond acceptors (Lipinski definition) is 3. The lowest BCUT2D eigenvalue weighted by Crippen LogP contribution is -2.44. The summed E-state index contributed by atoms with van der Waals surface area (Å²) in [6, 6.07) is 14.7. The largest absolute Gasteiger partial charge is 0.480 e. The lowest BCUT2D eigenvalue weighted by Gasteiger charge is -2.20. The Bertz CT molecular complexity index is 705. The van der Waals surface area contributed by atoms with E-state index < -0.39 is 24.0 Å². The summed E-state index contributed by atoms with van der Waals surface area (Å²) >= 11 is 6.06. The molecule has 0 fully saturated rings. The highest BCUT2D eigenvalue weighted by Gasteiger charge is 2.26. The number of rotatable bonds is 7. The molecule has 0 spiro atoms.